The summed E-state index contributed by atoms with van der Waals surface area (Å²) in [6.45, 7) is 3.48. The summed E-state index contributed by atoms with van der Waals surface area (Å²) in [6.07, 6.45) is 1.18. The fourth-order valence-corrected chi connectivity index (χ4v) is 2.97. The largest absolute Gasteiger partial charge is 0.491 e. The topological polar surface area (TPSA) is 118 Å². The molecule has 0 radical (unpaired) electrons. The Bertz CT molecular complexity index is 1230. The molecule has 0 bridgehead atoms. The Hall–Kier alpha value is -4.22. The van der Waals surface area contributed by atoms with E-state index in [1.807, 2.05) is 0 Å². The van der Waals surface area contributed by atoms with Crippen LogP contribution in [0.15, 0.2) is 24.4 Å². The van der Waals surface area contributed by atoms with E-state index in [1.165, 1.54) is 19.3 Å². The molecule has 0 fully saturated rings. The fourth-order valence-electron chi connectivity index (χ4n) is 2.97. The zero-order valence-electron chi connectivity index (χ0n) is 18.0. The van der Waals surface area contributed by atoms with Gasteiger partial charge < -0.3 is 20.7 Å². The number of carbonyl (C=O) groups excluding carboxylic acids is 2. The molecule has 2 amide bonds. The first-order valence-electron chi connectivity index (χ1n) is 9.48. The Kier molecular flexibility index (Phi) is 6.75. The van der Waals surface area contributed by atoms with Crippen LogP contribution in [0.5, 0.6) is 5.75 Å². The molecule has 0 aliphatic carbocycles. The van der Waals surface area contributed by atoms with Crippen molar-refractivity contribution in [1.29, 1.82) is 0 Å². The molecule has 12 heteroatoms. The number of hydrogen-bond donors (Lipinski definition) is 3. The summed E-state index contributed by atoms with van der Waals surface area (Å²) in [6, 6.07) is 3.36. The summed E-state index contributed by atoms with van der Waals surface area (Å²) in [5, 5.41) is 7.64. The first kappa shape index (κ1) is 23.4. The number of benzene rings is 1. The van der Waals surface area contributed by atoms with Crippen molar-refractivity contribution in [2.75, 3.05) is 24.8 Å². The molecule has 2 heterocycles. The number of nitrogens with zero attached hydrogens (tertiary/aromatic N) is 3. The van der Waals surface area contributed by atoms with Gasteiger partial charge in [0.05, 0.1) is 23.9 Å². The van der Waals surface area contributed by atoms with Gasteiger partial charge in [0.15, 0.2) is 17.4 Å². The van der Waals surface area contributed by atoms with E-state index in [0.717, 1.165) is 7.11 Å². The van der Waals surface area contributed by atoms with Gasteiger partial charge in [0.25, 0.3) is 11.8 Å². The molecular weight excluding hydrogens is 441 g/mol. The average molecular weight is 460 g/mol. The van der Waals surface area contributed by atoms with Crippen LogP contribution in [0.4, 0.5) is 30.5 Å². The van der Waals surface area contributed by atoms with Crippen molar-refractivity contribution < 1.29 is 27.5 Å². The van der Waals surface area contributed by atoms with E-state index in [-0.39, 0.29) is 17.1 Å². The third-order valence-electron chi connectivity index (χ3n) is 4.41. The third-order valence-corrected chi connectivity index (χ3v) is 4.41. The Morgan fingerprint density at radius 1 is 0.939 bits per heavy atom. The number of amides is 2. The maximum absolute atomic E-state index is 14.5. The van der Waals surface area contributed by atoms with Gasteiger partial charge in [-0.2, -0.15) is 4.39 Å². The minimum absolute atomic E-state index is 0.0543. The van der Waals surface area contributed by atoms with Gasteiger partial charge in [-0.3, -0.25) is 9.59 Å². The first-order valence-corrected chi connectivity index (χ1v) is 9.48. The van der Waals surface area contributed by atoms with Gasteiger partial charge in [-0.25, -0.2) is 23.7 Å². The quantitative estimate of drug-likeness (QED) is 0.483. The van der Waals surface area contributed by atoms with Crippen LogP contribution in [0.2, 0.25) is 0 Å². The Morgan fingerprint density at radius 3 is 2.30 bits per heavy atom. The van der Waals surface area contributed by atoms with Crippen LogP contribution >= 0.6 is 0 Å². The number of hydrogen-bond acceptors (Lipinski definition) is 7. The van der Waals surface area contributed by atoms with E-state index >= 15 is 0 Å². The van der Waals surface area contributed by atoms with Crippen LogP contribution < -0.4 is 20.7 Å². The van der Waals surface area contributed by atoms with Crippen LogP contribution in [0.25, 0.3) is 0 Å². The van der Waals surface area contributed by atoms with Crippen LogP contribution in [0, 0.1) is 31.3 Å². The number of anilines is 3. The minimum Gasteiger partial charge on any atom is -0.491 e. The zero-order chi connectivity index (χ0) is 24.3. The molecule has 1 aromatic carbocycles. The van der Waals surface area contributed by atoms with Gasteiger partial charge in [0.1, 0.15) is 17.5 Å². The van der Waals surface area contributed by atoms with Crippen molar-refractivity contribution in [1.82, 2.24) is 20.3 Å². The Labute approximate surface area is 186 Å². The number of halogens is 3. The monoisotopic (exact) mass is 460 g/mol. The van der Waals surface area contributed by atoms with Crippen LogP contribution in [0.3, 0.4) is 0 Å². The lowest BCUT2D eigenvalue weighted by Crippen LogP contribution is -2.23. The highest BCUT2D eigenvalue weighted by molar-refractivity contribution is 6.09. The smallest absolute Gasteiger partial charge is 0.258 e. The van der Waals surface area contributed by atoms with E-state index in [0.29, 0.717) is 23.4 Å². The van der Waals surface area contributed by atoms with E-state index in [2.05, 4.69) is 35.6 Å². The van der Waals surface area contributed by atoms with Crippen LogP contribution in [-0.2, 0) is 0 Å². The lowest BCUT2D eigenvalue weighted by molar-refractivity contribution is 0.0963. The second-order valence-corrected chi connectivity index (χ2v) is 6.78. The second-order valence-electron chi connectivity index (χ2n) is 6.78. The van der Waals surface area contributed by atoms with Gasteiger partial charge >= 0.3 is 0 Å². The SMILES string of the molecule is CNC(=O)c1cnc(Nc2cc(C)nc(C)n2)cc1NC(=O)c1cc(F)c(F)c(OC)c1F. The average Bonchev–Trinajstić information content (AvgIpc) is 2.75. The molecule has 0 saturated carbocycles. The number of aryl methyl sites for hydroxylation is 2. The molecule has 3 aromatic rings. The molecule has 33 heavy (non-hydrogen) atoms. The number of rotatable bonds is 6. The zero-order valence-corrected chi connectivity index (χ0v) is 18.0. The van der Waals surface area contributed by atoms with Gasteiger partial charge in [-0.15, -0.1) is 0 Å². The van der Waals surface area contributed by atoms with Crippen molar-refractivity contribution >= 4 is 29.1 Å². The van der Waals surface area contributed by atoms with Crippen molar-refractivity contribution in [2.45, 2.75) is 13.8 Å². The molecule has 3 rings (SSSR count). The normalized spacial score (nSPS) is 10.5. The molecule has 0 saturated heterocycles. The van der Waals surface area contributed by atoms with Crippen LogP contribution in [-0.4, -0.2) is 40.9 Å². The predicted molar refractivity (Wildman–Crippen MR) is 113 cm³/mol. The highest BCUT2D eigenvalue weighted by atomic mass is 19.2. The van der Waals surface area contributed by atoms with E-state index < -0.39 is 40.6 Å². The summed E-state index contributed by atoms with van der Waals surface area (Å²) in [5.41, 5.74) is -0.242. The summed E-state index contributed by atoms with van der Waals surface area (Å²) in [4.78, 5) is 37.4. The van der Waals surface area contributed by atoms with Crippen molar-refractivity contribution in [2.24, 2.45) is 0 Å². The molecule has 0 aliphatic heterocycles. The highest BCUT2D eigenvalue weighted by Gasteiger charge is 2.25. The maximum atomic E-state index is 14.5. The standard InChI is InChI=1S/C21H19F3N6O3/c1-9-5-16(28-10(2)27-9)30-15-7-14(12(8-26-15)20(31)25-3)29-21(32)11-6-13(22)18(24)19(33-4)17(11)23/h5-8H,1-4H3,(H,25,31)(H2,26,27,28,29,30,32). The first-order chi connectivity index (χ1) is 15.6. The number of carbonyl (C=O) groups is 2. The summed E-state index contributed by atoms with van der Waals surface area (Å²) in [5.74, 6) is -6.10. The lowest BCUT2D eigenvalue weighted by Gasteiger charge is -2.14. The molecule has 2 aromatic heterocycles. The number of pyridine rings is 1. The number of methoxy groups -OCH3 is 1. The molecule has 0 spiro atoms. The van der Waals surface area contributed by atoms with Crippen LogP contribution in [0.1, 0.15) is 32.2 Å². The molecule has 0 unspecified atom stereocenters. The predicted octanol–water partition coefficient (Wildman–Crippen LogP) is 3.27. The van der Waals surface area contributed by atoms with Gasteiger partial charge in [-0.1, -0.05) is 0 Å². The Morgan fingerprint density at radius 2 is 1.67 bits per heavy atom. The summed E-state index contributed by atoms with van der Waals surface area (Å²) in [7, 11) is 2.30. The van der Waals surface area contributed by atoms with Crippen molar-refractivity contribution in [3.05, 3.63) is 64.5 Å². The molecule has 0 atom stereocenters. The summed E-state index contributed by atoms with van der Waals surface area (Å²) < 4.78 is 46.6. The van der Waals surface area contributed by atoms with E-state index in [4.69, 9.17) is 0 Å². The maximum Gasteiger partial charge on any atom is 0.258 e. The lowest BCUT2D eigenvalue weighted by atomic mass is 10.1. The van der Waals surface area contributed by atoms with Gasteiger partial charge in [-0.05, 0) is 19.9 Å². The number of nitrogens with one attached hydrogen (secondary N) is 3. The number of aromatic nitrogens is 3. The van der Waals surface area contributed by atoms with Crippen molar-refractivity contribution in [3.63, 3.8) is 0 Å². The van der Waals surface area contributed by atoms with E-state index in [9.17, 15) is 22.8 Å². The van der Waals surface area contributed by atoms with Crippen molar-refractivity contribution in [3.8, 4) is 5.75 Å². The van der Waals surface area contributed by atoms with Gasteiger partial charge in [0, 0.05) is 31.1 Å². The van der Waals surface area contributed by atoms with Gasteiger partial charge in [0.2, 0.25) is 5.82 Å². The third kappa shape index (κ3) is 5.00. The fraction of sp³-hybridized carbons (Fsp3) is 0.190. The Balaban J connectivity index is 2.00. The second kappa shape index (κ2) is 9.51. The molecule has 0 aliphatic rings. The van der Waals surface area contributed by atoms with E-state index in [1.54, 1.807) is 19.9 Å². The molecule has 3 N–H and O–H groups in total. The molecule has 172 valence electrons. The minimum atomic E-state index is -1.57. The number of ether oxygens (including phenoxy) is 1. The highest BCUT2D eigenvalue weighted by Crippen LogP contribution is 2.28. The molecular formula is C21H19F3N6O3. The molecule has 9 nitrogen and oxygen atoms in total. The summed E-state index contributed by atoms with van der Waals surface area (Å²) >= 11 is 0.